The maximum absolute atomic E-state index is 14.3. The molecule has 8 rings (SSSR count). The van der Waals surface area contributed by atoms with Crippen LogP contribution in [0.1, 0.15) is 67.4 Å². The Morgan fingerprint density at radius 3 is 2.39 bits per heavy atom. The number of piperazine rings is 1. The second-order valence-corrected chi connectivity index (χ2v) is 23.8. The van der Waals surface area contributed by atoms with E-state index in [1.165, 1.54) is 28.5 Å². The zero-order valence-electron chi connectivity index (χ0n) is 37.7. The summed E-state index contributed by atoms with van der Waals surface area (Å²) in [5.74, 6) is -0.615. The molecular formula is C49H57ClF3N5O6S3. The highest BCUT2D eigenvalue weighted by atomic mass is 35.5. The van der Waals surface area contributed by atoms with Gasteiger partial charge in [0.25, 0.3) is 25.8 Å². The van der Waals surface area contributed by atoms with Crippen molar-refractivity contribution in [3.8, 4) is 0 Å². The molecule has 3 aliphatic heterocycles. The van der Waals surface area contributed by atoms with Gasteiger partial charge in [-0.05, 0) is 121 Å². The van der Waals surface area contributed by atoms with Gasteiger partial charge in [0.1, 0.15) is 4.90 Å². The van der Waals surface area contributed by atoms with Crippen LogP contribution in [0.4, 0.5) is 24.5 Å². The molecule has 0 spiro atoms. The molecule has 2 N–H and O–H groups in total. The molecule has 2 fully saturated rings. The van der Waals surface area contributed by atoms with Gasteiger partial charge in [-0.3, -0.25) is 14.6 Å². The number of hydrogen-bond donors (Lipinski definition) is 2. The number of carbonyl (C=O) groups is 1. The molecule has 1 aliphatic carbocycles. The van der Waals surface area contributed by atoms with Gasteiger partial charge in [0, 0.05) is 84.8 Å². The van der Waals surface area contributed by atoms with E-state index >= 15 is 0 Å². The molecule has 4 aromatic rings. The zero-order chi connectivity index (χ0) is 47.6. The average molecular weight is 1000 g/mol. The molecule has 0 bridgehead atoms. The minimum atomic E-state index is -6.06. The molecule has 4 aromatic carbocycles. The molecule has 0 radical (unpaired) electrons. The number of aryl methyl sites for hydroxylation is 1. The van der Waals surface area contributed by atoms with Gasteiger partial charge in [-0.25, -0.2) is 21.6 Å². The Morgan fingerprint density at radius 1 is 0.910 bits per heavy atom. The smallest absolute Gasteiger partial charge is 0.380 e. The quantitative estimate of drug-likeness (QED) is 0.111. The molecule has 4 aliphatic rings. The lowest BCUT2D eigenvalue weighted by Gasteiger charge is -2.47. The van der Waals surface area contributed by atoms with E-state index in [1.54, 1.807) is 12.1 Å². The number of sulfonamides is 1. The fraction of sp³-hybridized carbons (Fsp3) is 0.449. The van der Waals surface area contributed by atoms with Crippen molar-refractivity contribution in [3.05, 3.63) is 118 Å². The van der Waals surface area contributed by atoms with Crippen molar-refractivity contribution in [1.29, 1.82) is 0 Å². The van der Waals surface area contributed by atoms with Gasteiger partial charge in [-0.2, -0.15) is 13.2 Å². The van der Waals surface area contributed by atoms with Crippen LogP contribution in [0.5, 0.6) is 0 Å². The largest absolute Gasteiger partial charge is 0.501 e. The number of anilines is 2. The lowest BCUT2D eigenvalue weighted by atomic mass is 9.72. The van der Waals surface area contributed by atoms with Crippen LogP contribution in [0.2, 0.25) is 5.02 Å². The first-order valence-electron chi connectivity index (χ1n) is 22.7. The Bertz CT molecular complexity index is 2680. The number of allylic oxidation sites excluding steroid dienone is 1. The number of amides is 1. The maximum atomic E-state index is 14.3. The molecule has 18 heteroatoms. The molecular weight excluding hydrogens is 943 g/mol. The SMILES string of the molecule is CC1(C)CCC(c2ccc(Cl)cc2)=C(CN2CCN3c4ccc(C(=O)NS(=O)(=O)c5ccc(N[C@H](CCN6CCOCC6)CSc6ccccc6)c(S(=O)(=O)C(F)(F)F)c5)cc4CC[C@@H]3C2)C1. The third kappa shape index (κ3) is 11.9. The Hall–Kier alpha value is -4.10. The molecule has 1 amide bonds. The van der Waals surface area contributed by atoms with Crippen molar-refractivity contribution in [2.75, 3.05) is 75.0 Å². The van der Waals surface area contributed by atoms with Crippen LogP contribution in [0.15, 0.2) is 111 Å². The summed E-state index contributed by atoms with van der Waals surface area (Å²) >= 11 is 7.68. The predicted molar refractivity (Wildman–Crippen MR) is 259 cm³/mol. The number of sulfone groups is 1. The number of thioether (sulfide) groups is 1. The summed E-state index contributed by atoms with van der Waals surface area (Å²) in [6.45, 7) is 11.1. The number of rotatable bonds is 15. The third-order valence-electron chi connectivity index (χ3n) is 13.3. The van der Waals surface area contributed by atoms with Crippen molar-refractivity contribution in [2.45, 2.75) is 84.7 Å². The lowest BCUT2D eigenvalue weighted by Crippen LogP contribution is -2.55. The fourth-order valence-electron chi connectivity index (χ4n) is 9.66. The van der Waals surface area contributed by atoms with Crippen molar-refractivity contribution < 1.29 is 39.5 Å². The lowest BCUT2D eigenvalue weighted by molar-refractivity contribution is -0.0435. The molecule has 11 nitrogen and oxygen atoms in total. The number of alkyl halides is 3. The van der Waals surface area contributed by atoms with E-state index in [1.807, 2.05) is 53.3 Å². The van der Waals surface area contributed by atoms with Gasteiger partial charge >= 0.3 is 5.51 Å². The van der Waals surface area contributed by atoms with Crippen LogP contribution in [-0.4, -0.2) is 115 Å². The van der Waals surface area contributed by atoms with E-state index in [0.29, 0.717) is 57.5 Å². The van der Waals surface area contributed by atoms with Crippen molar-refractivity contribution in [2.24, 2.45) is 5.41 Å². The number of fused-ring (bicyclic) bond motifs is 3. The monoisotopic (exact) mass is 999 g/mol. The van der Waals surface area contributed by atoms with Crippen LogP contribution in [0, 0.1) is 5.41 Å². The minimum Gasteiger partial charge on any atom is -0.380 e. The topological polar surface area (TPSA) is 128 Å². The molecule has 2 atom stereocenters. The average Bonchev–Trinajstić information content (AvgIpc) is 3.30. The summed E-state index contributed by atoms with van der Waals surface area (Å²) in [4.78, 5) is 19.5. The maximum Gasteiger partial charge on any atom is 0.501 e. The van der Waals surface area contributed by atoms with Gasteiger partial charge in [-0.15, -0.1) is 11.8 Å². The Labute approximate surface area is 401 Å². The highest BCUT2D eigenvalue weighted by Crippen LogP contribution is 2.44. The normalized spacial score (nSPS) is 19.9. The number of ether oxygens (including phenoxy) is 1. The summed E-state index contributed by atoms with van der Waals surface area (Å²) in [6.07, 6.45) is 5.11. The minimum absolute atomic E-state index is 0.0569. The van der Waals surface area contributed by atoms with E-state index in [9.17, 15) is 34.8 Å². The number of hydrogen-bond acceptors (Lipinski definition) is 11. The predicted octanol–water partition coefficient (Wildman–Crippen LogP) is 9.15. The number of halogens is 4. The van der Waals surface area contributed by atoms with Gasteiger partial charge < -0.3 is 15.0 Å². The summed E-state index contributed by atoms with van der Waals surface area (Å²) in [5, 5.41) is 3.73. The summed E-state index contributed by atoms with van der Waals surface area (Å²) in [5.41, 5.74) is 0.116. The number of nitrogens with one attached hydrogen (secondary N) is 2. The van der Waals surface area contributed by atoms with Crippen LogP contribution in [0.3, 0.4) is 0 Å². The highest BCUT2D eigenvalue weighted by molar-refractivity contribution is 7.99. The van der Waals surface area contributed by atoms with E-state index in [-0.39, 0.29) is 17.0 Å². The molecule has 0 unspecified atom stereocenters. The molecule has 2 saturated heterocycles. The van der Waals surface area contributed by atoms with Gasteiger partial charge in [0.05, 0.1) is 23.8 Å². The number of carbonyl (C=O) groups excluding carboxylic acids is 1. The molecule has 360 valence electrons. The first-order valence-corrected chi connectivity index (χ1v) is 27.0. The van der Waals surface area contributed by atoms with Crippen LogP contribution < -0.4 is 14.9 Å². The fourth-order valence-corrected chi connectivity index (χ4v) is 12.8. The summed E-state index contributed by atoms with van der Waals surface area (Å²) < 4.78 is 104. The number of benzene rings is 4. The van der Waals surface area contributed by atoms with Crippen molar-refractivity contribution >= 4 is 66.1 Å². The van der Waals surface area contributed by atoms with Gasteiger partial charge in [0.15, 0.2) is 0 Å². The van der Waals surface area contributed by atoms with E-state index in [0.717, 1.165) is 85.2 Å². The molecule has 3 heterocycles. The highest BCUT2D eigenvalue weighted by Gasteiger charge is 2.48. The Morgan fingerprint density at radius 2 is 1.66 bits per heavy atom. The number of morpholine rings is 1. The number of nitrogens with zero attached hydrogens (tertiary/aromatic N) is 3. The first-order chi connectivity index (χ1) is 31.8. The molecule has 0 saturated carbocycles. The third-order valence-corrected chi connectivity index (χ3v) is 17.6. The van der Waals surface area contributed by atoms with E-state index < -0.39 is 52.8 Å². The van der Waals surface area contributed by atoms with E-state index in [2.05, 4.69) is 46.0 Å². The van der Waals surface area contributed by atoms with Gasteiger partial charge in [0.2, 0.25) is 0 Å². The second kappa shape index (κ2) is 20.5. The van der Waals surface area contributed by atoms with Crippen LogP contribution in [0.25, 0.3) is 5.57 Å². The van der Waals surface area contributed by atoms with Crippen molar-refractivity contribution in [3.63, 3.8) is 0 Å². The molecule has 0 aromatic heterocycles. The Kier molecular flexibility index (Phi) is 15.1. The van der Waals surface area contributed by atoms with Crippen molar-refractivity contribution in [1.82, 2.24) is 14.5 Å². The Balaban J connectivity index is 0.964. The van der Waals surface area contributed by atoms with Gasteiger partial charge in [-0.1, -0.05) is 61.4 Å². The summed E-state index contributed by atoms with van der Waals surface area (Å²) in [7, 11) is -10.9. The first kappa shape index (κ1) is 49.3. The second-order valence-electron chi connectivity index (χ2n) is 18.6. The van der Waals surface area contributed by atoms with E-state index in [4.69, 9.17) is 16.3 Å². The van der Waals surface area contributed by atoms with Crippen LogP contribution in [-0.2, 0) is 31.0 Å². The summed E-state index contributed by atoms with van der Waals surface area (Å²) in [6, 6.07) is 24.8. The zero-order valence-corrected chi connectivity index (χ0v) is 40.9. The standard InChI is InChI=1S/C49H57ClF3N5O6S3/c1-48(2)20-18-43(34-8-12-38(50)13-9-34)37(30-48)31-57-22-23-58-40(32-57)14-10-35-28-36(11-17-45(35)58)47(59)55-67(62,63)42-15-16-44(46(29-42)66(60,61)49(51,52)53)54-39(19-21-56-24-26-64-27-25-56)33-65-41-6-4-3-5-7-41/h3-9,11-13,15-17,28-29,39-40,54H,10,14,18-27,30-33H2,1-2H3,(H,55,59)/t39-,40-/m1/s1. The van der Waals surface area contributed by atoms with Crippen LogP contribution >= 0.6 is 23.4 Å². The molecule has 67 heavy (non-hydrogen) atoms.